The van der Waals surface area contributed by atoms with Gasteiger partial charge in [-0.15, -0.1) is 0 Å². The average molecular weight is 134 g/mol. The third-order valence-electron chi connectivity index (χ3n) is 0.555. The van der Waals surface area contributed by atoms with Gasteiger partial charge >= 0.3 is 0 Å². The Kier molecular flexibility index (Phi) is 4.79. The normalized spacial score (nSPS) is 8.75. The Morgan fingerprint density at radius 3 is 2.88 bits per heavy atom. The fourth-order valence-corrected chi connectivity index (χ4v) is 0.709. The molecule has 0 spiro atoms. The van der Waals surface area contributed by atoms with E-state index in [-0.39, 0.29) is 5.24 Å². The second-order valence-corrected chi connectivity index (χ2v) is 2.35. The Morgan fingerprint density at radius 1 is 1.88 bits per heavy atom. The molecule has 4 heteroatoms. The molecule has 0 rings (SSSR count). The topological polar surface area (TPSA) is 55.1 Å². The van der Waals surface area contributed by atoms with Crippen LogP contribution in [-0.2, 0) is 0 Å². The molecule has 0 radical (unpaired) electrons. The molecule has 0 heterocycles. The van der Waals surface area contributed by atoms with E-state index in [4.69, 9.17) is 5.84 Å². The number of hydrogen-bond donors (Lipinski definition) is 2. The Bertz CT molecular complexity index is 76.4. The minimum Gasteiger partial charge on any atom is -0.285 e. The Hall–Kier alpha value is -0.220. The quantitative estimate of drug-likeness (QED) is 0.332. The molecule has 0 aromatic carbocycles. The van der Waals surface area contributed by atoms with Gasteiger partial charge in [-0.2, -0.15) is 0 Å². The van der Waals surface area contributed by atoms with Gasteiger partial charge in [-0.3, -0.25) is 10.2 Å². The van der Waals surface area contributed by atoms with E-state index in [0.29, 0.717) is 0 Å². The van der Waals surface area contributed by atoms with E-state index in [1.54, 1.807) is 0 Å². The van der Waals surface area contributed by atoms with Crippen molar-refractivity contribution >= 4 is 17.0 Å². The Morgan fingerprint density at radius 2 is 2.50 bits per heavy atom. The molecular formula is C4H10N2OS. The van der Waals surface area contributed by atoms with Gasteiger partial charge in [-0.1, -0.05) is 18.7 Å². The van der Waals surface area contributed by atoms with E-state index >= 15 is 0 Å². The standard InChI is InChI=1S/C4H10N2OS/c1-2-3-8-4(7)6-5/h2-3,5H2,1H3,(H,6,7). The van der Waals surface area contributed by atoms with Crippen LogP contribution in [0.15, 0.2) is 0 Å². The number of nitrogens with one attached hydrogen (secondary N) is 1. The molecule has 3 N–H and O–H groups in total. The molecule has 0 aliphatic heterocycles. The van der Waals surface area contributed by atoms with Gasteiger partial charge in [0.1, 0.15) is 0 Å². The zero-order valence-corrected chi connectivity index (χ0v) is 5.62. The third kappa shape index (κ3) is 3.95. The number of thioether (sulfide) groups is 1. The van der Waals surface area contributed by atoms with Gasteiger partial charge in [-0.05, 0) is 6.42 Å². The molecule has 0 aliphatic carbocycles. The number of amides is 1. The number of nitrogens with two attached hydrogens (primary N) is 1. The molecule has 1 amide bonds. The summed E-state index contributed by atoms with van der Waals surface area (Å²) in [4.78, 5) is 10.3. The van der Waals surface area contributed by atoms with Gasteiger partial charge < -0.3 is 0 Å². The van der Waals surface area contributed by atoms with Gasteiger partial charge in [0.25, 0.3) is 5.24 Å². The minimum absolute atomic E-state index is 0.160. The van der Waals surface area contributed by atoms with Gasteiger partial charge in [-0.25, -0.2) is 5.84 Å². The SMILES string of the molecule is CCCSC(=O)NN. The number of hydrogen-bond acceptors (Lipinski definition) is 3. The second kappa shape index (κ2) is 4.93. The van der Waals surface area contributed by atoms with Crippen molar-refractivity contribution in [1.82, 2.24) is 5.43 Å². The lowest BCUT2D eigenvalue weighted by molar-refractivity contribution is 0.261. The van der Waals surface area contributed by atoms with Crippen molar-refractivity contribution < 1.29 is 4.79 Å². The van der Waals surface area contributed by atoms with E-state index in [9.17, 15) is 4.79 Å². The van der Waals surface area contributed by atoms with E-state index in [1.165, 1.54) is 11.8 Å². The van der Waals surface area contributed by atoms with Crippen molar-refractivity contribution in [3.63, 3.8) is 0 Å². The van der Waals surface area contributed by atoms with Crippen LogP contribution < -0.4 is 11.3 Å². The van der Waals surface area contributed by atoms with Crippen molar-refractivity contribution in [1.29, 1.82) is 0 Å². The molecule has 0 fully saturated rings. The van der Waals surface area contributed by atoms with Crippen molar-refractivity contribution in [3.05, 3.63) is 0 Å². The van der Waals surface area contributed by atoms with E-state index in [0.717, 1.165) is 12.2 Å². The first kappa shape index (κ1) is 7.78. The van der Waals surface area contributed by atoms with Crippen molar-refractivity contribution in [2.75, 3.05) is 5.75 Å². The summed E-state index contributed by atoms with van der Waals surface area (Å²) in [6.07, 6.45) is 0.998. The lowest BCUT2D eigenvalue weighted by atomic mass is 10.6. The summed E-state index contributed by atoms with van der Waals surface area (Å²) in [7, 11) is 0. The van der Waals surface area contributed by atoms with Crippen molar-refractivity contribution in [2.24, 2.45) is 5.84 Å². The van der Waals surface area contributed by atoms with Gasteiger partial charge in [0.05, 0.1) is 0 Å². The molecular weight excluding hydrogens is 124 g/mol. The fraction of sp³-hybridized carbons (Fsp3) is 0.750. The molecule has 0 saturated carbocycles. The zero-order chi connectivity index (χ0) is 6.41. The summed E-state index contributed by atoms with van der Waals surface area (Å²) >= 11 is 1.20. The summed E-state index contributed by atoms with van der Waals surface area (Å²) in [6, 6.07) is 0. The first-order valence-electron chi connectivity index (χ1n) is 2.44. The number of hydrazine groups is 1. The monoisotopic (exact) mass is 134 g/mol. The molecule has 0 unspecified atom stereocenters. The van der Waals surface area contributed by atoms with Gasteiger partial charge in [0.2, 0.25) is 0 Å². The van der Waals surface area contributed by atoms with Crippen molar-refractivity contribution in [2.45, 2.75) is 13.3 Å². The second-order valence-electron chi connectivity index (χ2n) is 1.28. The molecule has 0 aliphatic rings. The van der Waals surface area contributed by atoms with Crippen LogP contribution in [0.3, 0.4) is 0 Å². The van der Waals surface area contributed by atoms with Crippen molar-refractivity contribution in [3.8, 4) is 0 Å². The fourth-order valence-electron chi connectivity index (χ4n) is 0.236. The van der Waals surface area contributed by atoms with Crippen LogP contribution >= 0.6 is 11.8 Å². The molecule has 0 aromatic heterocycles. The zero-order valence-electron chi connectivity index (χ0n) is 4.81. The Labute approximate surface area is 53.0 Å². The van der Waals surface area contributed by atoms with Crippen LogP contribution in [-0.4, -0.2) is 11.0 Å². The lowest BCUT2D eigenvalue weighted by Gasteiger charge is -1.93. The molecule has 48 valence electrons. The van der Waals surface area contributed by atoms with Gasteiger partial charge in [0.15, 0.2) is 0 Å². The Balaban J connectivity index is 2.99. The first-order chi connectivity index (χ1) is 3.81. The summed E-state index contributed by atoms with van der Waals surface area (Å²) < 4.78 is 0. The first-order valence-corrected chi connectivity index (χ1v) is 3.43. The van der Waals surface area contributed by atoms with Crippen LogP contribution in [0, 0.1) is 0 Å². The van der Waals surface area contributed by atoms with Crippen LogP contribution in [0.25, 0.3) is 0 Å². The molecule has 8 heavy (non-hydrogen) atoms. The maximum Gasteiger partial charge on any atom is 0.292 e. The summed E-state index contributed by atoms with van der Waals surface area (Å²) in [5.74, 6) is 5.63. The molecule has 0 bridgehead atoms. The summed E-state index contributed by atoms with van der Waals surface area (Å²) in [5, 5.41) is -0.160. The van der Waals surface area contributed by atoms with Crippen LogP contribution in [0.1, 0.15) is 13.3 Å². The van der Waals surface area contributed by atoms with Gasteiger partial charge in [0, 0.05) is 5.75 Å². The van der Waals surface area contributed by atoms with E-state index < -0.39 is 0 Å². The molecule has 0 atom stereocenters. The smallest absolute Gasteiger partial charge is 0.285 e. The maximum atomic E-state index is 10.3. The summed E-state index contributed by atoms with van der Waals surface area (Å²) in [5.41, 5.74) is 2.02. The number of rotatable bonds is 2. The molecule has 0 saturated heterocycles. The predicted molar refractivity (Wildman–Crippen MR) is 35.5 cm³/mol. The highest BCUT2D eigenvalue weighted by atomic mass is 32.2. The van der Waals surface area contributed by atoms with Crippen LogP contribution in [0.5, 0.6) is 0 Å². The lowest BCUT2D eigenvalue weighted by Crippen LogP contribution is -2.26. The molecule has 3 nitrogen and oxygen atoms in total. The highest BCUT2D eigenvalue weighted by Gasteiger charge is 1.93. The number of carbonyl (C=O) groups is 1. The predicted octanol–water partition coefficient (Wildman–Crippen LogP) is 0.713. The maximum absolute atomic E-state index is 10.3. The minimum atomic E-state index is -0.160. The number of carbonyl (C=O) groups excluding carboxylic acids is 1. The third-order valence-corrected chi connectivity index (χ3v) is 1.55. The largest absolute Gasteiger partial charge is 0.292 e. The summed E-state index contributed by atoms with van der Waals surface area (Å²) in [6.45, 7) is 2.01. The molecule has 0 aromatic rings. The average Bonchev–Trinajstić information content (AvgIpc) is 1.83. The van der Waals surface area contributed by atoms with Crippen LogP contribution in [0.4, 0.5) is 4.79 Å². The highest BCUT2D eigenvalue weighted by Crippen LogP contribution is 2.00. The van der Waals surface area contributed by atoms with E-state index in [2.05, 4.69) is 0 Å². The highest BCUT2D eigenvalue weighted by molar-refractivity contribution is 8.13. The van der Waals surface area contributed by atoms with Crippen LogP contribution in [0.2, 0.25) is 0 Å². The van der Waals surface area contributed by atoms with E-state index in [1.807, 2.05) is 12.3 Å².